The Morgan fingerprint density at radius 3 is 1.69 bits per heavy atom. The average Bonchev–Trinajstić information content (AvgIpc) is 3.04. The molecule has 4 aromatic heterocycles. The van der Waals surface area contributed by atoms with E-state index in [2.05, 4.69) is 19.9 Å². The van der Waals surface area contributed by atoms with Crippen LogP contribution in [-0.4, -0.2) is 48.3 Å². The number of ether oxygens (including phenoxy) is 2. The summed E-state index contributed by atoms with van der Waals surface area (Å²) in [6.45, 7) is 2.31. The number of methoxy groups -OCH3 is 2. The molecule has 0 atom stereocenters. The molecule has 0 amide bonds. The smallest absolute Gasteiger partial charge is 0.178 e. The van der Waals surface area contributed by atoms with Gasteiger partial charge in [-0.2, -0.15) is 0 Å². The van der Waals surface area contributed by atoms with Crippen molar-refractivity contribution in [3.05, 3.63) is 114 Å². The van der Waals surface area contributed by atoms with Gasteiger partial charge in [-0.3, -0.25) is 15.0 Å². The molecule has 5 aromatic rings. The Hall–Kier alpha value is -4.67. The van der Waals surface area contributed by atoms with Crippen LogP contribution in [0.2, 0.25) is 0 Å². The molecule has 0 aliphatic carbocycles. The predicted octanol–water partition coefficient (Wildman–Crippen LogP) is 5.09. The first-order chi connectivity index (χ1) is 20.3. The highest BCUT2D eigenvalue weighted by molar-refractivity contribution is 7.91. The van der Waals surface area contributed by atoms with Crippen molar-refractivity contribution < 1.29 is 17.9 Å². The number of nitrogens with zero attached hydrogens (tertiary/aromatic N) is 4. The molecule has 1 aromatic carbocycles. The molecule has 9 nitrogen and oxygen atoms in total. The van der Waals surface area contributed by atoms with E-state index < -0.39 is 9.84 Å². The second-order valence-corrected chi connectivity index (χ2v) is 11.4. The molecule has 42 heavy (non-hydrogen) atoms. The molecule has 10 heteroatoms. The Bertz CT molecular complexity index is 1680. The predicted molar refractivity (Wildman–Crippen MR) is 163 cm³/mol. The molecule has 2 N–H and O–H groups in total. The van der Waals surface area contributed by atoms with Crippen LogP contribution in [0.15, 0.2) is 102 Å². The third-order valence-electron chi connectivity index (χ3n) is 6.25. The summed E-state index contributed by atoms with van der Waals surface area (Å²) in [6, 6.07) is 25.4. The fraction of sp³-hybridized carbons (Fsp3) is 0.188. The van der Waals surface area contributed by atoms with Crippen LogP contribution < -0.4 is 15.2 Å². The maximum absolute atomic E-state index is 12.6. The summed E-state index contributed by atoms with van der Waals surface area (Å²) < 4.78 is 35.6. The highest BCUT2D eigenvalue weighted by Crippen LogP contribution is 2.23. The van der Waals surface area contributed by atoms with E-state index in [0.29, 0.717) is 40.7 Å². The zero-order valence-corrected chi connectivity index (χ0v) is 24.6. The largest absolute Gasteiger partial charge is 0.497 e. The molecule has 0 aliphatic rings. The molecule has 0 aliphatic heterocycles. The van der Waals surface area contributed by atoms with Gasteiger partial charge in [-0.05, 0) is 43.3 Å². The summed E-state index contributed by atoms with van der Waals surface area (Å²) in [5.74, 6) is 1.36. The number of rotatable bonds is 9. The average molecular weight is 584 g/mol. The minimum absolute atomic E-state index is 0.0160. The van der Waals surface area contributed by atoms with E-state index in [1.54, 1.807) is 63.0 Å². The normalized spacial score (nSPS) is 10.9. The number of hydrogen-bond acceptors (Lipinski definition) is 9. The van der Waals surface area contributed by atoms with E-state index in [4.69, 9.17) is 15.2 Å². The van der Waals surface area contributed by atoms with Crippen LogP contribution in [0, 0.1) is 6.92 Å². The summed E-state index contributed by atoms with van der Waals surface area (Å²) >= 11 is 0. The van der Waals surface area contributed by atoms with Crippen molar-refractivity contribution >= 4 is 9.84 Å². The maximum atomic E-state index is 12.6. The highest BCUT2D eigenvalue weighted by atomic mass is 32.2. The Balaban J connectivity index is 0.000000216. The van der Waals surface area contributed by atoms with Gasteiger partial charge in [0, 0.05) is 55.3 Å². The first-order valence-electron chi connectivity index (χ1n) is 13.2. The topological polar surface area (TPSA) is 130 Å². The maximum Gasteiger partial charge on any atom is 0.178 e. The molecule has 0 spiro atoms. The Kier molecular flexibility index (Phi) is 10.3. The van der Waals surface area contributed by atoms with Gasteiger partial charge < -0.3 is 15.2 Å². The van der Waals surface area contributed by atoms with Gasteiger partial charge in [-0.1, -0.05) is 29.8 Å². The molecule has 0 fully saturated rings. The molecular weight excluding hydrogens is 550 g/mol. The minimum Gasteiger partial charge on any atom is -0.497 e. The van der Waals surface area contributed by atoms with Crippen LogP contribution in [0.5, 0.6) is 11.5 Å². The third-order valence-corrected chi connectivity index (χ3v) is 7.98. The summed E-state index contributed by atoms with van der Waals surface area (Å²) in [6.07, 6.45) is 3.73. The van der Waals surface area contributed by atoms with Crippen LogP contribution in [0.3, 0.4) is 0 Å². The quantitative estimate of drug-likeness (QED) is 0.252. The lowest BCUT2D eigenvalue weighted by molar-refractivity contribution is 0.413. The lowest BCUT2D eigenvalue weighted by Crippen LogP contribution is -2.10. The standard InChI is InChI=1S/C20H20N2O3S.C12H13N3O/c1-15-6-8-18(9-7-15)26(23,24)12-10-16-13-17(25-2)14-20(22-16)19-5-3-4-11-21-19;1-16-10-6-9(8-13)15-12(7-10)11-4-2-3-5-14-11/h3-9,11,13-14H,10,12H2,1-2H3;2-7H,8,13H2,1H3. The van der Waals surface area contributed by atoms with Crippen molar-refractivity contribution in [2.24, 2.45) is 5.73 Å². The Labute approximate surface area is 246 Å². The third kappa shape index (κ3) is 8.18. The van der Waals surface area contributed by atoms with Crippen molar-refractivity contribution in [2.45, 2.75) is 24.8 Å². The lowest BCUT2D eigenvalue weighted by Gasteiger charge is -2.09. The highest BCUT2D eigenvalue weighted by Gasteiger charge is 2.16. The van der Waals surface area contributed by atoms with Crippen LogP contribution in [0.1, 0.15) is 17.0 Å². The van der Waals surface area contributed by atoms with Gasteiger partial charge in [-0.25, -0.2) is 13.4 Å². The summed E-state index contributed by atoms with van der Waals surface area (Å²) in [4.78, 5) is 17.8. The second-order valence-electron chi connectivity index (χ2n) is 9.28. The number of pyridine rings is 4. The number of benzene rings is 1. The first kappa shape index (κ1) is 30.3. The molecule has 0 saturated carbocycles. The summed E-state index contributed by atoms with van der Waals surface area (Å²) in [5, 5.41) is 0. The zero-order chi connectivity index (χ0) is 30.0. The van der Waals surface area contributed by atoms with E-state index in [-0.39, 0.29) is 5.75 Å². The van der Waals surface area contributed by atoms with E-state index in [9.17, 15) is 8.42 Å². The van der Waals surface area contributed by atoms with Crippen LogP contribution >= 0.6 is 0 Å². The Morgan fingerprint density at radius 2 is 1.21 bits per heavy atom. The number of aryl methyl sites for hydroxylation is 2. The van der Waals surface area contributed by atoms with Crippen molar-refractivity contribution in [3.8, 4) is 34.3 Å². The van der Waals surface area contributed by atoms with Crippen molar-refractivity contribution in [1.29, 1.82) is 0 Å². The zero-order valence-electron chi connectivity index (χ0n) is 23.8. The van der Waals surface area contributed by atoms with Gasteiger partial charge in [-0.15, -0.1) is 0 Å². The Morgan fingerprint density at radius 1 is 0.690 bits per heavy atom. The van der Waals surface area contributed by atoms with Crippen LogP contribution in [0.25, 0.3) is 22.8 Å². The van der Waals surface area contributed by atoms with E-state index >= 15 is 0 Å². The fourth-order valence-electron chi connectivity index (χ4n) is 3.98. The van der Waals surface area contributed by atoms with Crippen molar-refractivity contribution in [1.82, 2.24) is 19.9 Å². The van der Waals surface area contributed by atoms with Gasteiger partial charge >= 0.3 is 0 Å². The van der Waals surface area contributed by atoms with E-state index in [1.165, 1.54) is 0 Å². The first-order valence-corrected chi connectivity index (χ1v) is 14.9. The summed E-state index contributed by atoms with van der Waals surface area (Å²) in [5.41, 5.74) is 11.0. The second kappa shape index (κ2) is 14.3. The minimum atomic E-state index is -3.37. The van der Waals surface area contributed by atoms with Gasteiger partial charge in [0.05, 0.1) is 53.3 Å². The number of aromatic nitrogens is 4. The van der Waals surface area contributed by atoms with Crippen LogP contribution in [-0.2, 0) is 22.8 Å². The van der Waals surface area contributed by atoms with Gasteiger partial charge in [0.15, 0.2) is 9.84 Å². The molecular formula is C32H33N5O4S. The van der Waals surface area contributed by atoms with Gasteiger partial charge in [0.25, 0.3) is 0 Å². The fourth-order valence-corrected chi connectivity index (χ4v) is 5.25. The monoisotopic (exact) mass is 583 g/mol. The number of sulfone groups is 1. The lowest BCUT2D eigenvalue weighted by atomic mass is 10.2. The molecule has 0 bridgehead atoms. The van der Waals surface area contributed by atoms with E-state index in [1.807, 2.05) is 55.5 Å². The van der Waals surface area contributed by atoms with Crippen molar-refractivity contribution in [2.75, 3.05) is 20.0 Å². The molecule has 5 rings (SSSR count). The van der Waals surface area contributed by atoms with Crippen molar-refractivity contribution in [3.63, 3.8) is 0 Å². The number of hydrogen-bond donors (Lipinski definition) is 1. The van der Waals surface area contributed by atoms with Gasteiger partial charge in [0.2, 0.25) is 0 Å². The SMILES string of the molecule is COc1cc(CCS(=O)(=O)c2ccc(C)cc2)nc(-c2ccccn2)c1.COc1cc(CN)nc(-c2ccccn2)c1. The molecule has 0 unspecified atom stereocenters. The molecule has 0 saturated heterocycles. The molecule has 4 heterocycles. The van der Waals surface area contributed by atoms with Gasteiger partial charge in [0.1, 0.15) is 11.5 Å². The van der Waals surface area contributed by atoms with Crippen LogP contribution in [0.4, 0.5) is 0 Å². The molecule has 0 radical (unpaired) electrons. The molecule has 216 valence electrons. The summed E-state index contributed by atoms with van der Waals surface area (Å²) in [7, 11) is -0.172. The van der Waals surface area contributed by atoms with E-state index in [0.717, 1.165) is 28.4 Å². The number of nitrogens with two attached hydrogens (primary N) is 1.